The summed E-state index contributed by atoms with van der Waals surface area (Å²) < 4.78 is 17.4. The average Bonchev–Trinajstić information content (AvgIpc) is 2.86. The quantitative estimate of drug-likeness (QED) is 0.825. The summed E-state index contributed by atoms with van der Waals surface area (Å²) >= 11 is 6.85. The monoisotopic (exact) mass is 330 g/mol. The van der Waals surface area contributed by atoms with Gasteiger partial charge in [-0.3, -0.25) is 0 Å². The van der Waals surface area contributed by atoms with Crippen LogP contribution in [0.15, 0.2) is 24.3 Å². The van der Waals surface area contributed by atoms with Crippen molar-refractivity contribution in [3.05, 3.63) is 45.7 Å². The molecule has 0 aliphatic heterocycles. The van der Waals surface area contributed by atoms with Gasteiger partial charge in [0.05, 0.1) is 13.2 Å². The Labute approximate surface area is 129 Å². The van der Waals surface area contributed by atoms with Crippen molar-refractivity contribution in [2.24, 2.45) is 0 Å². The lowest BCUT2D eigenvalue weighted by molar-refractivity contribution is 0.0606. The Morgan fingerprint density at radius 3 is 2.81 bits per heavy atom. The van der Waals surface area contributed by atoms with Crippen molar-refractivity contribution in [1.29, 1.82) is 0 Å². The molecule has 2 aromatic rings. The van der Waals surface area contributed by atoms with E-state index in [1.165, 1.54) is 31.4 Å². The molecule has 0 spiro atoms. The lowest BCUT2D eigenvalue weighted by Gasteiger charge is -2.11. The van der Waals surface area contributed by atoms with Crippen LogP contribution in [-0.2, 0) is 4.74 Å². The molecule has 2 N–H and O–H groups in total. The van der Waals surface area contributed by atoms with Crippen molar-refractivity contribution in [3.63, 3.8) is 0 Å². The van der Waals surface area contributed by atoms with E-state index in [2.05, 4.69) is 15.0 Å². The second-order valence-electron chi connectivity index (χ2n) is 4.08. The molecule has 0 radical (unpaired) electrons. The van der Waals surface area contributed by atoms with E-state index < -0.39 is 12.1 Å². The van der Waals surface area contributed by atoms with Gasteiger partial charge >= 0.3 is 5.97 Å². The summed E-state index contributed by atoms with van der Waals surface area (Å²) in [6, 6.07) is 5.54. The zero-order valence-electron chi connectivity index (χ0n) is 11.0. The number of nitrogens with zero attached hydrogens (tertiary/aromatic N) is 1. The molecule has 0 saturated heterocycles. The molecule has 0 fully saturated rings. The Hall–Kier alpha value is -1.70. The molecule has 1 atom stereocenters. The van der Waals surface area contributed by atoms with Crippen LogP contribution in [0.25, 0.3) is 0 Å². The maximum atomic E-state index is 12.8. The van der Waals surface area contributed by atoms with E-state index in [9.17, 15) is 14.3 Å². The summed E-state index contributed by atoms with van der Waals surface area (Å²) in [4.78, 5) is 15.5. The number of ether oxygens (including phenoxy) is 1. The number of benzene rings is 1. The van der Waals surface area contributed by atoms with E-state index >= 15 is 0 Å². The minimum atomic E-state index is -0.838. The molecule has 0 aliphatic rings. The van der Waals surface area contributed by atoms with E-state index in [0.29, 0.717) is 10.7 Å². The number of esters is 1. The number of anilines is 1. The van der Waals surface area contributed by atoms with Gasteiger partial charge in [0.1, 0.15) is 5.82 Å². The lowest BCUT2D eigenvalue weighted by Crippen LogP contribution is -2.11. The summed E-state index contributed by atoms with van der Waals surface area (Å²) in [5.41, 5.74) is 0.569. The van der Waals surface area contributed by atoms with Crippen molar-refractivity contribution >= 4 is 34.0 Å². The summed E-state index contributed by atoms with van der Waals surface area (Å²) in [6.07, 6.45) is -0.838. The molecule has 5 nitrogen and oxygen atoms in total. The number of thiazole rings is 1. The van der Waals surface area contributed by atoms with E-state index in [1.807, 2.05) is 0 Å². The molecule has 112 valence electrons. The van der Waals surface area contributed by atoms with Crippen molar-refractivity contribution in [1.82, 2.24) is 4.98 Å². The molecule has 0 amide bonds. The predicted molar refractivity (Wildman–Crippen MR) is 78.3 cm³/mol. The Bertz CT molecular complexity index is 633. The summed E-state index contributed by atoms with van der Waals surface area (Å²) in [6.45, 7) is 0.149. The normalized spacial score (nSPS) is 12.0. The van der Waals surface area contributed by atoms with Crippen molar-refractivity contribution in [3.8, 4) is 0 Å². The topological polar surface area (TPSA) is 71.5 Å². The van der Waals surface area contributed by atoms with Gasteiger partial charge in [-0.2, -0.15) is 0 Å². The molecular weight excluding hydrogens is 319 g/mol. The summed E-state index contributed by atoms with van der Waals surface area (Å²) in [5, 5.41) is 13.3. The number of aliphatic hydroxyl groups is 1. The smallest absolute Gasteiger partial charge is 0.351 e. The molecule has 0 saturated carbocycles. The third kappa shape index (κ3) is 3.90. The maximum Gasteiger partial charge on any atom is 0.351 e. The van der Waals surface area contributed by atoms with Crippen LogP contribution in [0.4, 0.5) is 9.52 Å². The first-order valence-electron chi connectivity index (χ1n) is 5.93. The number of halogens is 2. The summed E-state index contributed by atoms with van der Waals surface area (Å²) in [5.74, 6) is -0.932. The molecule has 0 unspecified atom stereocenters. The van der Waals surface area contributed by atoms with Gasteiger partial charge < -0.3 is 15.2 Å². The van der Waals surface area contributed by atoms with E-state index in [1.54, 1.807) is 0 Å². The average molecular weight is 331 g/mol. The number of aliphatic hydroxyl groups excluding tert-OH is 1. The van der Waals surface area contributed by atoms with Gasteiger partial charge in [0.25, 0.3) is 0 Å². The standard InChI is InChI=1S/C13H12ClFN2O3S/c1-20-12(19)10-11(14)17-13(21-10)16-6-9(18)7-2-4-8(15)5-3-7/h2-5,9,18H,6H2,1H3,(H,16,17)/t9-/m0/s1. The predicted octanol–water partition coefficient (Wildman–Crippen LogP) is 2.87. The van der Waals surface area contributed by atoms with E-state index in [0.717, 1.165) is 11.3 Å². The SMILES string of the molecule is COC(=O)c1sc(NC[C@H](O)c2ccc(F)cc2)nc1Cl. The second kappa shape index (κ2) is 6.84. The minimum Gasteiger partial charge on any atom is -0.465 e. The third-order valence-corrected chi connectivity index (χ3v) is 4.04. The molecule has 8 heteroatoms. The van der Waals surface area contributed by atoms with Gasteiger partial charge in [-0.15, -0.1) is 0 Å². The van der Waals surface area contributed by atoms with Gasteiger partial charge in [0.15, 0.2) is 15.2 Å². The second-order valence-corrected chi connectivity index (χ2v) is 5.44. The molecule has 1 aromatic heterocycles. The molecule has 0 bridgehead atoms. The Morgan fingerprint density at radius 1 is 1.52 bits per heavy atom. The molecule has 1 heterocycles. The number of aromatic nitrogens is 1. The Balaban J connectivity index is 1.99. The number of carbonyl (C=O) groups is 1. The Morgan fingerprint density at radius 2 is 2.19 bits per heavy atom. The molecule has 21 heavy (non-hydrogen) atoms. The van der Waals surface area contributed by atoms with Crippen molar-refractivity contribution in [2.45, 2.75) is 6.10 Å². The molecule has 0 aliphatic carbocycles. The van der Waals surface area contributed by atoms with Crippen LogP contribution < -0.4 is 5.32 Å². The largest absolute Gasteiger partial charge is 0.465 e. The van der Waals surface area contributed by atoms with Crippen LogP contribution in [0.5, 0.6) is 0 Å². The van der Waals surface area contributed by atoms with Gasteiger partial charge in [-0.25, -0.2) is 14.2 Å². The number of hydrogen-bond donors (Lipinski definition) is 2. The van der Waals surface area contributed by atoms with Crippen molar-refractivity contribution in [2.75, 3.05) is 19.0 Å². The minimum absolute atomic E-state index is 0.0469. The van der Waals surface area contributed by atoms with Crippen LogP contribution in [0.3, 0.4) is 0 Å². The van der Waals surface area contributed by atoms with Gasteiger partial charge in [-0.1, -0.05) is 35.1 Å². The summed E-state index contributed by atoms with van der Waals surface area (Å²) in [7, 11) is 1.25. The van der Waals surface area contributed by atoms with Gasteiger partial charge in [-0.05, 0) is 17.7 Å². The third-order valence-electron chi connectivity index (χ3n) is 2.66. The molecule has 2 rings (SSSR count). The highest BCUT2D eigenvalue weighted by Crippen LogP contribution is 2.28. The van der Waals surface area contributed by atoms with Crippen LogP contribution in [-0.4, -0.2) is 29.7 Å². The number of rotatable bonds is 5. The zero-order chi connectivity index (χ0) is 15.4. The Kier molecular flexibility index (Phi) is 5.11. The van der Waals surface area contributed by atoms with Gasteiger partial charge in [0.2, 0.25) is 0 Å². The van der Waals surface area contributed by atoms with Crippen molar-refractivity contribution < 1.29 is 19.0 Å². The highest BCUT2D eigenvalue weighted by molar-refractivity contribution is 7.18. The molecule has 1 aromatic carbocycles. The number of hydrogen-bond acceptors (Lipinski definition) is 6. The first kappa shape index (κ1) is 15.7. The first-order valence-corrected chi connectivity index (χ1v) is 7.12. The number of methoxy groups -OCH3 is 1. The van der Waals surface area contributed by atoms with E-state index in [4.69, 9.17) is 11.6 Å². The zero-order valence-corrected chi connectivity index (χ0v) is 12.5. The number of nitrogens with one attached hydrogen (secondary N) is 1. The fourth-order valence-electron chi connectivity index (χ4n) is 1.58. The van der Waals surface area contributed by atoms with Crippen LogP contribution >= 0.6 is 22.9 Å². The molecular formula is C13H12ClFN2O3S. The lowest BCUT2D eigenvalue weighted by atomic mass is 10.1. The number of carbonyl (C=O) groups excluding carboxylic acids is 1. The maximum absolute atomic E-state index is 12.8. The first-order chi connectivity index (χ1) is 10.0. The fraction of sp³-hybridized carbons (Fsp3) is 0.231. The van der Waals surface area contributed by atoms with Crippen LogP contribution in [0.2, 0.25) is 5.15 Å². The van der Waals surface area contributed by atoms with Crippen LogP contribution in [0.1, 0.15) is 21.3 Å². The fourth-order valence-corrected chi connectivity index (χ4v) is 2.69. The highest BCUT2D eigenvalue weighted by atomic mass is 35.5. The highest BCUT2D eigenvalue weighted by Gasteiger charge is 2.17. The van der Waals surface area contributed by atoms with Gasteiger partial charge in [0, 0.05) is 6.54 Å². The van der Waals surface area contributed by atoms with E-state index in [-0.39, 0.29) is 22.4 Å². The van der Waals surface area contributed by atoms with Crippen LogP contribution in [0, 0.1) is 5.82 Å².